The highest BCUT2D eigenvalue weighted by atomic mass is 16.4. The quantitative estimate of drug-likeness (QED) is 0.240. The van der Waals surface area contributed by atoms with Crippen LogP contribution < -0.4 is 15.7 Å². The number of amides is 1. The molecular weight excluding hydrogens is 548 g/mol. The summed E-state index contributed by atoms with van der Waals surface area (Å²) in [6.07, 6.45) is 6.51. The number of H-pyrrole nitrogens is 1. The van der Waals surface area contributed by atoms with E-state index in [-0.39, 0.29) is 48.4 Å². The number of aromatic amines is 1. The Balaban J connectivity index is 1.73. The molecule has 4 atom stereocenters. The van der Waals surface area contributed by atoms with E-state index in [0.717, 1.165) is 62.7 Å². The Morgan fingerprint density at radius 1 is 1.02 bits per heavy atom. The summed E-state index contributed by atoms with van der Waals surface area (Å²) in [5.41, 5.74) is 8.62. The molecule has 4 rings (SSSR count). The van der Waals surface area contributed by atoms with Crippen LogP contribution in [0.25, 0.3) is 12.2 Å². The lowest BCUT2D eigenvalue weighted by Crippen LogP contribution is -2.30. The van der Waals surface area contributed by atoms with Gasteiger partial charge in [0.15, 0.2) is 0 Å². The van der Waals surface area contributed by atoms with Crippen LogP contribution in [-0.2, 0) is 20.8 Å². The van der Waals surface area contributed by atoms with Gasteiger partial charge in [0, 0.05) is 65.2 Å². The summed E-state index contributed by atoms with van der Waals surface area (Å²) in [6.45, 7) is 11.8. The van der Waals surface area contributed by atoms with Gasteiger partial charge in [0.25, 0.3) is 0 Å². The van der Waals surface area contributed by atoms with Gasteiger partial charge in [-0.05, 0) is 92.7 Å². The van der Waals surface area contributed by atoms with Crippen molar-refractivity contribution < 1.29 is 29.7 Å². The second-order valence-electron chi connectivity index (χ2n) is 11.9. The van der Waals surface area contributed by atoms with Gasteiger partial charge >= 0.3 is 11.9 Å². The smallest absolute Gasteiger partial charge is 0.303 e. The zero-order valence-corrected chi connectivity index (χ0v) is 25.9. The number of hydrogen-bond donors (Lipinski definition) is 5. The number of allylic oxidation sites excluding steroid dienone is 2. The van der Waals surface area contributed by atoms with E-state index in [1.165, 1.54) is 0 Å². The molecule has 1 aromatic rings. The molecule has 232 valence electrons. The molecule has 0 aliphatic carbocycles. The van der Waals surface area contributed by atoms with E-state index in [2.05, 4.69) is 20.6 Å². The molecule has 2 unspecified atom stereocenters. The van der Waals surface area contributed by atoms with Crippen molar-refractivity contribution in [2.75, 3.05) is 0 Å². The number of aliphatic imine (C=N–C) groups is 1. The molecule has 0 radical (unpaired) electrons. The predicted molar refractivity (Wildman–Crippen MR) is 164 cm³/mol. The fourth-order valence-corrected chi connectivity index (χ4v) is 6.63. The molecule has 1 amide bonds. The second kappa shape index (κ2) is 13.1. The highest BCUT2D eigenvalue weighted by Gasteiger charge is 2.33. The van der Waals surface area contributed by atoms with Crippen LogP contribution in [0, 0.1) is 24.7 Å². The van der Waals surface area contributed by atoms with E-state index < -0.39 is 11.9 Å². The topological polar surface area (TPSA) is 167 Å². The van der Waals surface area contributed by atoms with Crippen LogP contribution in [0.15, 0.2) is 38.8 Å². The molecule has 3 aliphatic heterocycles. The molecule has 10 heteroatoms. The van der Waals surface area contributed by atoms with Crippen molar-refractivity contribution in [1.82, 2.24) is 15.6 Å². The van der Waals surface area contributed by atoms with Crippen molar-refractivity contribution >= 4 is 35.9 Å². The van der Waals surface area contributed by atoms with Crippen LogP contribution in [0.5, 0.6) is 0 Å². The minimum atomic E-state index is -0.901. The van der Waals surface area contributed by atoms with E-state index >= 15 is 0 Å². The molecule has 43 heavy (non-hydrogen) atoms. The molecule has 0 spiro atoms. The predicted octanol–water partition coefficient (Wildman–Crippen LogP) is 4.43. The van der Waals surface area contributed by atoms with Crippen molar-refractivity contribution in [3.8, 4) is 0 Å². The number of carboxylic acids is 2. The molecule has 0 aromatic carbocycles. The van der Waals surface area contributed by atoms with Gasteiger partial charge in [-0.2, -0.15) is 0 Å². The Morgan fingerprint density at radius 2 is 1.72 bits per heavy atom. The van der Waals surface area contributed by atoms with Crippen LogP contribution in [0.2, 0.25) is 0 Å². The average Bonchev–Trinajstić information content (AvgIpc) is 3.59. The molecule has 10 nitrogen and oxygen atoms in total. The van der Waals surface area contributed by atoms with Crippen LogP contribution in [0.4, 0.5) is 0 Å². The van der Waals surface area contributed by atoms with E-state index in [4.69, 9.17) is 0 Å². The summed E-state index contributed by atoms with van der Waals surface area (Å²) in [5.74, 6) is -2.28. The number of aromatic nitrogens is 1. The van der Waals surface area contributed by atoms with Crippen LogP contribution in [0.1, 0.15) is 95.7 Å². The maximum Gasteiger partial charge on any atom is 0.303 e. The van der Waals surface area contributed by atoms with Crippen molar-refractivity contribution in [3.63, 3.8) is 0 Å². The first-order chi connectivity index (χ1) is 20.4. The monoisotopic (exact) mass is 591 g/mol. The zero-order chi connectivity index (χ0) is 31.6. The summed E-state index contributed by atoms with van der Waals surface area (Å²) in [4.78, 5) is 43.3. The number of carbonyl (C=O) groups excluding carboxylic acids is 1. The summed E-state index contributed by atoms with van der Waals surface area (Å²) in [7, 11) is 0. The SMILES string of the molecule is CCC1=C(C)C(CC2=C(C)C(CCC(=O)O)/C(=C/c3[nH]c(/C=C4/N=C([O-])[C@H](C)[C@H]4CC)c(C)c3CCC(=O)O)N2)NC1=O. The molecular formula is C33H43N4O6-. The number of carbonyl (C=O) groups is 3. The first-order valence-electron chi connectivity index (χ1n) is 15.2. The molecule has 1 aromatic heterocycles. The third-order valence-corrected chi connectivity index (χ3v) is 9.34. The van der Waals surface area contributed by atoms with Gasteiger partial charge in [-0.15, -0.1) is 0 Å². The minimum absolute atomic E-state index is 0.00746. The standard InChI is InChI=1S/C33H44N4O6/c1-7-20-19(6)32(42)37-27(20)14-25-18(5)23(10-12-31(40)41)29(35-25)15-28-22(9-11-30(38)39)17(4)24(34-28)13-26-16(3)21(8-2)33(43)36-26/h14-15,19-20,22,26,34-35H,7-13H2,1-6H3,(H,36,43)(H,37,42)(H,38,39)(H,40,41)/p-1/b27-14+,28-15-/t19-,20-,22?,26?/m1/s1. The Hall–Kier alpha value is -4.08. The minimum Gasteiger partial charge on any atom is -0.861 e. The molecule has 0 saturated carbocycles. The van der Waals surface area contributed by atoms with Gasteiger partial charge < -0.3 is 30.9 Å². The van der Waals surface area contributed by atoms with Crippen LogP contribution >= 0.6 is 0 Å². The molecule has 0 fully saturated rings. The highest BCUT2D eigenvalue weighted by Crippen LogP contribution is 2.38. The highest BCUT2D eigenvalue weighted by molar-refractivity contribution is 5.97. The van der Waals surface area contributed by atoms with Gasteiger partial charge in [-0.1, -0.05) is 20.8 Å². The van der Waals surface area contributed by atoms with E-state index in [1.807, 2.05) is 53.7 Å². The number of aliphatic carboxylic acids is 2. The van der Waals surface area contributed by atoms with Crippen LogP contribution in [0.3, 0.4) is 0 Å². The normalized spacial score (nSPS) is 25.6. The lowest BCUT2D eigenvalue weighted by atomic mass is 9.91. The van der Waals surface area contributed by atoms with E-state index in [1.54, 1.807) is 0 Å². The van der Waals surface area contributed by atoms with Gasteiger partial charge in [0.05, 0.1) is 6.04 Å². The Labute approximate surface area is 252 Å². The molecule has 3 aliphatic rings. The molecule has 0 bridgehead atoms. The molecule has 4 heterocycles. The summed E-state index contributed by atoms with van der Waals surface area (Å²) < 4.78 is 0. The first-order valence-corrected chi connectivity index (χ1v) is 15.2. The molecule has 5 N–H and O–H groups in total. The summed E-state index contributed by atoms with van der Waals surface area (Å²) in [5, 5.41) is 37.9. The van der Waals surface area contributed by atoms with Crippen molar-refractivity contribution in [2.24, 2.45) is 22.7 Å². The lowest BCUT2D eigenvalue weighted by molar-refractivity contribution is -0.222. The van der Waals surface area contributed by atoms with E-state index in [9.17, 15) is 29.7 Å². The number of hydrogen-bond acceptors (Lipinski definition) is 6. The number of carboxylic acid groups (broad SMARTS) is 2. The molecule has 0 saturated heterocycles. The van der Waals surface area contributed by atoms with Gasteiger partial charge in [0.1, 0.15) is 0 Å². The van der Waals surface area contributed by atoms with E-state index in [0.29, 0.717) is 25.7 Å². The fraction of sp³-hybridized carbons (Fsp3) is 0.515. The lowest BCUT2D eigenvalue weighted by Gasteiger charge is -2.17. The third-order valence-electron chi connectivity index (χ3n) is 9.34. The average molecular weight is 592 g/mol. The Bertz CT molecular complexity index is 1470. The number of nitrogens with zero attached hydrogens (tertiary/aromatic N) is 1. The fourth-order valence-electron chi connectivity index (χ4n) is 6.63. The first kappa shape index (κ1) is 31.8. The van der Waals surface area contributed by atoms with Crippen molar-refractivity contribution in [2.45, 2.75) is 92.5 Å². The van der Waals surface area contributed by atoms with Gasteiger partial charge in [0.2, 0.25) is 5.91 Å². The third kappa shape index (κ3) is 6.63. The number of nitrogens with one attached hydrogen (secondary N) is 3. The van der Waals surface area contributed by atoms with Crippen LogP contribution in [-0.4, -0.2) is 45.0 Å². The van der Waals surface area contributed by atoms with Crippen molar-refractivity contribution in [1.29, 1.82) is 0 Å². The zero-order valence-electron chi connectivity index (χ0n) is 25.9. The van der Waals surface area contributed by atoms with Gasteiger partial charge in [-0.3, -0.25) is 19.4 Å². The largest absolute Gasteiger partial charge is 0.861 e. The van der Waals surface area contributed by atoms with Crippen molar-refractivity contribution in [3.05, 3.63) is 56.3 Å². The van der Waals surface area contributed by atoms with Gasteiger partial charge in [-0.25, -0.2) is 0 Å². The summed E-state index contributed by atoms with van der Waals surface area (Å²) >= 11 is 0. The second-order valence-corrected chi connectivity index (χ2v) is 11.9. The maximum absolute atomic E-state index is 12.5. The number of rotatable bonds is 12. The summed E-state index contributed by atoms with van der Waals surface area (Å²) in [6, 6.07) is -0.136. The Morgan fingerprint density at radius 3 is 2.33 bits per heavy atom. The Kier molecular flexibility index (Phi) is 9.67. The maximum atomic E-state index is 12.5.